The van der Waals surface area contributed by atoms with Gasteiger partial charge in [-0.25, -0.2) is 0 Å². The van der Waals surface area contributed by atoms with E-state index in [4.69, 9.17) is 5.73 Å². The van der Waals surface area contributed by atoms with E-state index in [9.17, 15) is 0 Å². The molecule has 0 aliphatic heterocycles. The molecule has 0 heterocycles. The van der Waals surface area contributed by atoms with Gasteiger partial charge >= 0.3 is 0 Å². The minimum Gasteiger partial charge on any atom is -0.330 e. The van der Waals surface area contributed by atoms with Crippen molar-refractivity contribution in [2.45, 2.75) is 38.1 Å². The predicted molar refractivity (Wildman–Crippen MR) is 73.0 cm³/mol. The predicted octanol–water partition coefficient (Wildman–Crippen LogP) is 2.51. The molecule has 1 aromatic carbocycles. The normalized spacial score (nSPS) is 24.6. The SMILES string of the molecule is CCCC1CC1NCC(CN)c1ccccc1. The van der Waals surface area contributed by atoms with Crippen LogP contribution in [-0.2, 0) is 0 Å². The maximum atomic E-state index is 5.86. The molecule has 1 fully saturated rings. The van der Waals surface area contributed by atoms with Crippen molar-refractivity contribution in [2.75, 3.05) is 13.1 Å². The Labute approximate surface area is 105 Å². The molecule has 1 aromatic rings. The van der Waals surface area contributed by atoms with Gasteiger partial charge in [-0.2, -0.15) is 0 Å². The second kappa shape index (κ2) is 6.18. The van der Waals surface area contributed by atoms with Crippen LogP contribution in [0, 0.1) is 5.92 Å². The maximum Gasteiger partial charge on any atom is 0.00993 e. The summed E-state index contributed by atoms with van der Waals surface area (Å²) in [5, 5.41) is 3.66. The van der Waals surface area contributed by atoms with E-state index in [-0.39, 0.29) is 0 Å². The fourth-order valence-corrected chi connectivity index (χ4v) is 2.54. The van der Waals surface area contributed by atoms with Crippen LogP contribution in [0.5, 0.6) is 0 Å². The standard InChI is InChI=1S/C15H24N2/c1-2-6-13-9-15(13)17-11-14(10-16)12-7-4-3-5-8-12/h3-5,7-8,13-15,17H,2,6,9-11,16H2,1H3. The Morgan fingerprint density at radius 1 is 1.35 bits per heavy atom. The highest BCUT2D eigenvalue weighted by atomic mass is 15.0. The van der Waals surface area contributed by atoms with Gasteiger partial charge in [0, 0.05) is 25.0 Å². The number of benzene rings is 1. The summed E-state index contributed by atoms with van der Waals surface area (Å²) in [5.41, 5.74) is 7.22. The van der Waals surface area contributed by atoms with Crippen LogP contribution in [0.4, 0.5) is 0 Å². The summed E-state index contributed by atoms with van der Waals surface area (Å²) in [5.74, 6) is 1.38. The average Bonchev–Trinajstić information content (AvgIpc) is 3.10. The van der Waals surface area contributed by atoms with Crippen LogP contribution in [0.3, 0.4) is 0 Å². The molecule has 2 rings (SSSR count). The van der Waals surface area contributed by atoms with Crippen molar-refractivity contribution in [3.63, 3.8) is 0 Å². The van der Waals surface area contributed by atoms with Crippen molar-refractivity contribution in [2.24, 2.45) is 11.7 Å². The molecule has 0 saturated heterocycles. The van der Waals surface area contributed by atoms with Gasteiger partial charge < -0.3 is 11.1 Å². The number of nitrogens with one attached hydrogen (secondary N) is 1. The summed E-state index contributed by atoms with van der Waals surface area (Å²) >= 11 is 0. The zero-order chi connectivity index (χ0) is 12.1. The molecular weight excluding hydrogens is 208 g/mol. The fourth-order valence-electron chi connectivity index (χ4n) is 2.54. The maximum absolute atomic E-state index is 5.86. The third-order valence-electron chi connectivity index (χ3n) is 3.76. The minimum atomic E-state index is 0.457. The summed E-state index contributed by atoms with van der Waals surface area (Å²) in [4.78, 5) is 0. The first-order valence-corrected chi connectivity index (χ1v) is 6.83. The van der Waals surface area contributed by atoms with Crippen LogP contribution in [0.2, 0.25) is 0 Å². The minimum absolute atomic E-state index is 0.457. The van der Waals surface area contributed by atoms with Gasteiger partial charge in [-0.15, -0.1) is 0 Å². The van der Waals surface area contributed by atoms with E-state index in [1.165, 1.54) is 24.8 Å². The summed E-state index contributed by atoms with van der Waals surface area (Å²) < 4.78 is 0. The molecule has 0 bridgehead atoms. The number of hydrogen-bond acceptors (Lipinski definition) is 2. The number of hydrogen-bond donors (Lipinski definition) is 2. The molecule has 94 valence electrons. The Morgan fingerprint density at radius 2 is 2.12 bits per heavy atom. The van der Waals surface area contributed by atoms with Gasteiger partial charge in [0.15, 0.2) is 0 Å². The van der Waals surface area contributed by atoms with E-state index in [1.807, 2.05) is 0 Å². The highest BCUT2D eigenvalue weighted by molar-refractivity contribution is 5.20. The summed E-state index contributed by atoms with van der Waals surface area (Å²) in [6.07, 6.45) is 4.04. The second-order valence-corrected chi connectivity index (χ2v) is 5.14. The second-order valence-electron chi connectivity index (χ2n) is 5.14. The van der Waals surface area contributed by atoms with E-state index in [1.54, 1.807) is 0 Å². The van der Waals surface area contributed by atoms with Gasteiger partial charge in [-0.1, -0.05) is 43.7 Å². The van der Waals surface area contributed by atoms with Crippen molar-refractivity contribution in [1.82, 2.24) is 5.32 Å². The smallest absolute Gasteiger partial charge is 0.00993 e. The molecule has 0 amide bonds. The number of rotatable bonds is 7. The zero-order valence-corrected chi connectivity index (χ0v) is 10.7. The molecule has 3 atom stereocenters. The third kappa shape index (κ3) is 3.55. The summed E-state index contributed by atoms with van der Waals surface area (Å²) in [6, 6.07) is 11.4. The first kappa shape index (κ1) is 12.6. The third-order valence-corrected chi connectivity index (χ3v) is 3.76. The molecule has 0 spiro atoms. The quantitative estimate of drug-likeness (QED) is 0.758. The monoisotopic (exact) mass is 232 g/mol. The van der Waals surface area contributed by atoms with Crippen molar-refractivity contribution in [3.8, 4) is 0 Å². The highest BCUT2D eigenvalue weighted by Crippen LogP contribution is 2.34. The highest BCUT2D eigenvalue weighted by Gasteiger charge is 2.35. The van der Waals surface area contributed by atoms with Crippen LogP contribution in [-0.4, -0.2) is 19.1 Å². The Morgan fingerprint density at radius 3 is 2.76 bits per heavy atom. The molecule has 1 aliphatic carbocycles. The first-order chi connectivity index (χ1) is 8.35. The lowest BCUT2D eigenvalue weighted by atomic mass is 9.99. The zero-order valence-electron chi connectivity index (χ0n) is 10.7. The molecule has 17 heavy (non-hydrogen) atoms. The molecule has 0 aromatic heterocycles. The Bertz CT molecular complexity index is 323. The Hall–Kier alpha value is -0.860. The van der Waals surface area contributed by atoms with Crippen LogP contribution in [0.25, 0.3) is 0 Å². The van der Waals surface area contributed by atoms with E-state index >= 15 is 0 Å². The van der Waals surface area contributed by atoms with Crippen molar-refractivity contribution < 1.29 is 0 Å². The van der Waals surface area contributed by atoms with E-state index in [0.717, 1.165) is 25.0 Å². The summed E-state index contributed by atoms with van der Waals surface area (Å²) in [6.45, 7) is 4.01. The summed E-state index contributed by atoms with van der Waals surface area (Å²) in [7, 11) is 0. The fraction of sp³-hybridized carbons (Fsp3) is 0.600. The van der Waals surface area contributed by atoms with Crippen molar-refractivity contribution in [3.05, 3.63) is 35.9 Å². The molecule has 3 unspecified atom stereocenters. The van der Waals surface area contributed by atoms with Gasteiger partial charge in [-0.3, -0.25) is 0 Å². The van der Waals surface area contributed by atoms with Gasteiger partial charge in [0.25, 0.3) is 0 Å². The van der Waals surface area contributed by atoms with Gasteiger partial charge in [0.05, 0.1) is 0 Å². The van der Waals surface area contributed by atoms with E-state index < -0.39 is 0 Å². The molecular formula is C15H24N2. The Balaban J connectivity index is 1.77. The van der Waals surface area contributed by atoms with Crippen LogP contribution >= 0.6 is 0 Å². The lowest BCUT2D eigenvalue weighted by molar-refractivity contribution is 0.550. The first-order valence-electron chi connectivity index (χ1n) is 6.83. The van der Waals surface area contributed by atoms with Gasteiger partial charge in [-0.05, 0) is 24.3 Å². The molecule has 2 heteroatoms. The van der Waals surface area contributed by atoms with Gasteiger partial charge in [0.1, 0.15) is 0 Å². The molecule has 1 saturated carbocycles. The topological polar surface area (TPSA) is 38.0 Å². The number of nitrogens with two attached hydrogens (primary N) is 1. The van der Waals surface area contributed by atoms with E-state index in [0.29, 0.717) is 5.92 Å². The lowest BCUT2D eigenvalue weighted by Crippen LogP contribution is -2.29. The largest absolute Gasteiger partial charge is 0.330 e. The molecule has 2 nitrogen and oxygen atoms in total. The Kier molecular flexibility index (Phi) is 4.57. The molecule has 3 N–H and O–H groups in total. The molecule has 1 aliphatic rings. The lowest BCUT2D eigenvalue weighted by Gasteiger charge is -2.16. The average molecular weight is 232 g/mol. The van der Waals surface area contributed by atoms with Crippen molar-refractivity contribution >= 4 is 0 Å². The molecule has 0 radical (unpaired) electrons. The van der Waals surface area contributed by atoms with Crippen LogP contribution in [0.1, 0.15) is 37.7 Å². The van der Waals surface area contributed by atoms with Crippen LogP contribution in [0.15, 0.2) is 30.3 Å². The van der Waals surface area contributed by atoms with Gasteiger partial charge in [0.2, 0.25) is 0 Å². The van der Waals surface area contributed by atoms with Crippen LogP contribution < -0.4 is 11.1 Å². The van der Waals surface area contributed by atoms with E-state index in [2.05, 4.69) is 42.6 Å². The van der Waals surface area contributed by atoms with Crippen molar-refractivity contribution in [1.29, 1.82) is 0 Å².